The van der Waals surface area contributed by atoms with Gasteiger partial charge >= 0.3 is 6.16 Å². The number of carbonyl (C=O) groups excluding carboxylic acids is 1. The van der Waals surface area contributed by atoms with Crippen molar-refractivity contribution in [3.8, 4) is 0 Å². The Balaban J connectivity index is 2.30. The first-order valence-corrected chi connectivity index (χ1v) is 6.04. The maximum absolute atomic E-state index is 11.1. The van der Waals surface area contributed by atoms with Crippen LogP contribution in [0.5, 0.6) is 0 Å². The van der Waals surface area contributed by atoms with Gasteiger partial charge in [-0.3, -0.25) is 0 Å². The molecule has 1 unspecified atom stereocenters. The lowest BCUT2D eigenvalue weighted by Crippen LogP contribution is -2.14. The van der Waals surface area contributed by atoms with Gasteiger partial charge in [-0.25, -0.2) is 4.79 Å². The fourth-order valence-corrected chi connectivity index (χ4v) is 1.63. The van der Waals surface area contributed by atoms with Crippen molar-refractivity contribution >= 4 is 6.16 Å². The Kier molecular flexibility index (Phi) is 6.15. The first-order valence-electron chi connectivity index (χ1n) is 6.04. The monoisotopic (exact) mass is 236 g/mol. The first kappa shape index (κ1) is 13.6. The van der Waals surface area contributed by atoms with E-state index in [1.54, 1.807) is 0 Å². The Morgan fingerprint density at radius 3 is 3.06 bits per heavy atom. The summed E-state index contributed by atoms with van der Waals surface area (Å²) in [6.45, 7) is 5.45. The van der Waals surface area contributed by atoms with Gasteiger partial charge in [-0.1, -0.05) is 30.4 Å². The Bertz CT molecular complexity index is 315. The molecule has 0 aromatic heterocycles. The predicted molar refractivity (Wildman–Crippen MR) is 67.8 cm³/mol. The molecule has 1 atom stereocenters. The lowest BCUT2D eigenvalue weighted by Gasteiger charge is -2.11. The number of hydrogen-bond donors (Lipinski definition) is 0. The smallest absolute Gasteiger partial charge is 0.430 e. The molecule has 0 aliphatic heterocycles. The van der Waals surface area contributed by atoms with E-state index < -0.39 is 6.16 Å². The van der Waals surface area contributed by atoms with Crippen LogP contribution in [-0.2, 0) is 9.47 Å². The zero-order valence-corrected chi connectivity index (χ0v) is 10.4. The summed E-state index contributed by atoms with van der Waals surface area (Å²) in [4.78, 5) is 11.1. The SMILES string of the molecule is C=CCOC(=O)OC(C)/C=C/C1=CCCCC1. The summed E-state index contributed by atoms with van der Waals surface area (Å²) < 4.78 is 9.75. The molecule has 0 fully saturated rings. The van der Waals surface area contributed by atoms with Gasteiger partial charge in [0.1, 0.15) is 12.7 Å². The molecule has 0 radical (unpaired) electrons. The van der Waals surface area contributed by atoms with Crippen molar-refractivity contribution in [3.05, 3.63) is 36.5 Å². The van der Waals surface area contributed by atoms with E-state index in [4.69, 9.17) is 9.47 Å². The van der Waals surface area contributed by atoms with Crippen molar-refractivity contribution in [2.75, 3.05) is 6.61 Å². The van der Waals surface area contributed by atoms with Crippen molar-refractivity contribution in [2.45, 2.75) is 38.7 Å². The van der Waals surface area contributed by atoms with E-state index in [-0.39, 0.29) is 12.7 Å². The maximum atomic E-state index is 11.1. The van der Waals surface area contributed by atoms with Gasteiger partial charge in [0.05, 0.1) is 0 Å². The van der Waals surface area contributed by atoms with E-state index in [1.807, 2.05) is 19.1 Å². The highest BCUT2D eigenvalue weighted by Crippen LogP contribution is 2.18. The summed E-state index contributed by atoms with van der Waals surface area (Å²) in [7, 11) is 0. The van der Waals surface area contributed by atoms with Crippen LogP contribution in [0.15, 0.2) is 36.5 Å². The second-order valence-electron chi connectivity index (χ2n) is 4.06. The van der Waals surface area contributed by atoms with E-state index >= 15 is 0 Å². The molecule has 94 valence electrons. The minimum absolute atomic E-state index is 0.181. The number of rotatable bonds is 5. The van der Waals surface area contributed by atoms with Gasteiger partial charge < -0.3 is 9.47 Å². The second-order valence-corrected chi connectivity index (χ2v) is 4.06. The molecule has 0 amide bonds. The van der Waals surface area contributed by atoms with Crippen LogP contribution in [0.4, 0.5) is 4.79 Å². The highest BCUT2D eigenvalue weighted by Gasteiger charge is 2.07. The maximum Gasteiger partial charge on any atom is 0.509 e. The molecule has 1 aliphatic rings. The van der Waals surface area contributed by atoms with E-state index in [0.717, 1.165) is 12.8 Å². The van der Waals surface area contributed by atoms with Crippen molar-refractivity contribution < 1.29 is 14.3 Å². The predicted octanol–water partition coefficient (Wildman–Crippen LogP) is 3.77. The van der Waals surface area contributed by atoms with Crippen LogP contribution in [0.3, 0.4) is 0 Å². The summed E-state index contributed by atoms with van der Waals surface area (Å²) in [5.74, 6) is 0. The second kappa shape index (κ2) is 7.71. The standard InChI is InChI=1S/C14H20O3/c1-3-11-16-14(15)17-12(2)9-10-13-7-5-4-6-8-13/h3,7,9-10,12H,1,4-6,8,11H2,2H3/b10-9+. The molecule has 0 aromatic carbocycles. The van der Waals surface area contributed by atoms with Crippen molar-refractivity contribution in [1.29, 1.82) is 0 Å². The van der Waals surface area contributed by atoms with Crippen LogP contribution in [0.2, 0.25) is 0 Å². The molecule has 0 spiro atoms. The summed E-state index contributed by atoms with van der Waals surface area (Å²) >= 11 is 0. The summed E-state index contributed by atoms with van der Waals surface area (Å²) in [6, 6.07) is 0. The molecule has 3 heteroatoms. The van der Waals surface area contributed by atoms with Gasteiger partial charge in [-0.05, 0) is 38.7 Å². The molecular formula is C14H20O3. The first-order chi connectivity index (χ1) is 8.22. The topological polar surface area (TPSA) is 35.5 Å². The fourth-order valence-electron chi connectivity index (χ4n) is 1.63. The molecule has 17 heavy (non-hydrogen) atoms. The third kappa shape index (κ3) is 5.95. The zero-order valence-electron chi connectivity index (χ0n) is 10.4. The normalized spacial score (nSPS) is 17.4. The van der Waals surface area contributed by atoms with Crippen LogP contribution in [0, 0.1) is 0 Å². The lowest BCUT2D eigenvalue weighted by molar-refractivity contribution is 0.0492. The quantitative estimate of drug-likeness (QED) is 0.538. The Morgan fingerprint density at radius 1 is 1.59 bits per heavy atom. The highest BCUT2D eigenvalue weighted by molar-refractivity contribution is 5.60. The molecular weight excluding hydrogens is 216 g/mol. The van der Waals surface area contributed by atoms with Gasteiger partial charge in [0, 0.05) is 0 Å². The molecule has 1 rings (SSSR count). The molecule has 1 aliphatic carbocycles. The third-order valence-corrected chi connectivity index (χ3v) is 2.51. The fraction of sp³-hybridized carbons (Fsp3) is 0.500. The molecule has 3 nitrogen and oxygen atoms in total. The summed E-state index contributed by atoms with van der Waals surface area (Å²) in [5, 5.41) is 0. The zero-order chi connectivity index (χ0) is 12.5. The lowest BCUT2D eigenvalue weighted by atomic mass is 9.99. The van der Waals surface area contributed by atoms with Gasteiger partial charge in [0.25, 0.3) is 0 Å². The van der Waals surface area contributed by atoms with Crippen molar-refractivity contribution in [1.82, 2.24) is 0 Å². The van der Waals surface area contributed by atoms with Crippen LogP contribution in [0.1, 0.15) is 32.6 Å². The van der Waals surface area contributed by atoms with Crippen LogP contribution in [-0.4, -0.2) is 18.9 Å². The minimum atomic E-state index is -0.653. The number of carbonyl (C=O) groups is 1. The van der Waals surface area contributed by atoms with Crippen LogP contribution < -0.4 is 0 Å². The average Bonchev–Trinajstić information content (AvgIpc) is 2.35. The van der Waals surface area contributed by atoms with Gasteiger partial charge in [-0.2, -0.15) is 0 Å². The van der Waals surface area contributed by atoms with Crippen molar-refractivity contribution in [3.63, 3.8) is 0 Å². The molecule has 0 bridgehead atoms. The largest absolute Gasteiger partial charge is 0.509 e. The number of hydrogen-bond acceptors (Lipinski definition) is 3. The molecule has 0 aromatic rings. The van der Waals surface area contributed by atoms with Crippen LogP contribution in [0.25, 0.3) is 0 Å². The minimum Gasteiger partial charge on any atom is -0.430 e. The van der Waals surface area contributed by atoms with E-state index in [0.29, 0.717) is 0 Å². The van der Waals surface area contributed by atoms with Crippen molar-refractivity contribution in [2.24, 2.45) is 0 Å². The Labute approximate surface area is 103 Å². The summed E-state index contributed by atoms with van der Waals surface area (Å²) in [6.07, 6.45) is 11.5. The third-order valence-electron chi connectivity index (χ3n) is 2.51. The molecule has 0 saturated heterocycles. The number of ether oxygens (including phenoxy) is 2. The number of allylic oxidation sites excluding steroid dienone is 3. The Hall–Kier alpha value is -1.51. The summed E-state index contributed by atoms with van der Waals surface area (Å²) in [5.41, 5.74) is 1.33. The Morgan fingerprint density at radius 2 is 2.41 bits per heavy atom. The van der Waals surface area contributed by atoms with Gasteiger partial charge in [0.2, 0.25) is 0 Å². The van der Waals surface area contributed by atoms with Gasteiger partial charge in [0.15, 0.2) is 0 Å². The van der Waals surface area contributed by atoms with Crippen LogP contribution >= 0.6 is 0 Å². The van der Waals surface area contributed by atoms with Gasteiger partial charge in [-0.15, -0.1) is 0 Å². The average molecular weight is 236 g/mol. The molecule has 0 heterocycles. The highest BCUT2D eigenvalue weighted by atomic mass is 16.7. The van der Waals surface area contributed by atoms with E-state index in [9.17, 15) is 4.79 Å². The van der Waals surface area contributed by atoms with E-state index in [2.05, 4.69) is 12.7 Å². The molecule has 0 N–H and O–H groups in total. The van der Waals surface area contributed by atoms with E-state index in [1.165, 1.54) is 24.5 Å². The molecule has 0 saturated carbocycles.